The standard InChI is InChI=1S/C18H17F3O2/c1-2-5-15(17(22)23)13-10-8-12(9-11-13)14-6-3-4-7-16(14)18(19,20)21/h3-4,6-11,15H,2,5H2,1H3,(H,22,23). The van der Waals surface area contributed by atoms with Gasteiger partial charge in [-0.05, 0) is 29.2 Å². The van der Waals surface area contributed by atoms with Gasteiger partial charge in [-0.1, -0.05) is 55.8 Å². The molecule has 1 N–H and O–H groups in total. The summed E-state index contributed by atoms with van der Waals surface area (Å²) in [6, 6.07) is 11.6. The molecular weight excluding hydrogens is 305 g/mol. The zero-order valence-electron chi connectivity index (χ0n) is 12.6. The van der Waals surface area contributed by atoms with Gasteiger partial charge >= 0.3 is 12.1 Å². The number of alkyl halides is 3. The van der Waals surface area contributed by atoms with Crippen LogP contribution in [0.2, 0.25) is 0 Å². The SMILES string of the molecule is CCCC(C(=O)O)c1ccc(-c2ccccc2C(F)(F)F)cc1. The van der Waals surface area contributed by atoms with Crippen LogP contribution >= 0.6 is 0 Å². The smallest absolute Gasteiger partial charge is 0.417 e. The highest BCUT2D eigenvalue weighted by Gasteiger charge is 2.33. The molecule has 0 bridgehead atoms. The lowest BCUT2D eigenvalue weighted by Crippen LogP contribution is -2.11. The first-order chi connectivity index (χ1) is 10.8. The summed E-state index contributed by atoms with van der Waals surface area (Å²) in [6.07, 6.45) is -3.22. The Balaban J connectivity index is 2.39. The number of aliphatic carboxylic acids is 1. The highest BCUT2D eigenvalue weighted by Crippen LogP contribution is 2.37. The quantitative estimate of drug-likeness (QED) is 0.806. The number of rotatable bonds is 5. The fraction of sp³-hybridized carbons (Fsp3) is 0.278. The number of hydrogen-bond donors (Lipinski definition) is 1. The van der Waals surface area contributed by atoms with Crippen molar-refractivity contribution in [3.05, 3.63) is 59.7 Å². The van der Waals surface area contributed by atoms with Gasteiger partial charge in [0.2, 0.25) is 0 Å². The average Bonchev–Trinajstić information content (AvgIpc) is 2.52. The molecule has 0 aliphatic carbocycles. The number of halogens is 3. The van der Waals surface area contributed by atoms with Gasteiger partial charge in [-0.15, -0.1) is 0 Å². The molecule has 0 fully saturated rings. The fourth-order valence-corrected chi connectivity index (χ4v) is 2.60. The van der Waals surface area contributed by atoms with Gasteiger partial charge in [-0.2, -0.15) is 13.2 Å². The highest BCUT2D eigenvalue weighted by molar-refractivity contribution is 5.77. The number of carboxylic acids is 1. The summed E-state index contributed by atoms with van der Waals surface area (Å²) in [6.45, 7) is 1.89. The lowest BCUT2D eigenvalue weighted by molar-refractivity contribution is -0.139. The Hall–Kier alpha value is -2.30. The van der Waals surface area contributed by atoms with E-state index in [2.05, 4.69) is 0 Å². The number of carbonyl (C=O) groups is 1. The van der Waals surface area contributed by atoms with Gasteiger partial charge in [0.15, 0.2) is 0 Å². The summed E-state index contributed by atoms with van der Waals surface area (Å²) < 4.78 is 39.2. The molecule has 2 nitrogen and oxygen atoms in total. The first kappa shape index (κ1) is 17.1. The van der Waals surface area contributed by atoms with Crippen molar-refractivity contribution < 1.29 is 23.1 Å². The normalized spacial score (nSPS) is 12.9. The molecule has 23 heavy (non-hydrogen) atoms. The van der Waals surface area contributed by atoms with E-state index in [0.29, 0.717) is 17.5 Å². The summed E-state index contributed by atoms with van der Waals surface area (Å²) in [7, 11) is 0. The molecule has 0 spiro atoms. The molecule has 0 aliphatic heterocycles. The number of hydrogen-bond acceptors (Lipinski definition) is 1. The zero-order chi connectivity index (χ0) is 17.0. The number of carboxylic acid groups (broad SMARTS) is 1. The lowest BCUT2D eigenvalue weighted by atomic mass is 9.92. The third kappa shape index (κ3) is 3.92. The third-order valence-corrected chi connectivity index (χ3v) is 3.73. The van der Waals surface area contributed by atoms with Crippen molar-refractivity contribution in [2.45, 2.75) is 31.9 Å². The molecule has 122 valence electrons. The maximum Gasteiger partial charge on any atom is 0.417 e. The third-order valence-electron chi connectivity index (χ3n) is 3.73. The average molecular weight is 322 g/mol. The van der Waals surface area contributed by atoms with Crippen molar-refractivity contribution in [3.8, 4) is 11.1 Å². The Morgan fingerprint density at radius 3 is 2.22 bits per heavy atom. The molecule has 1 unspecified atom stereocenters. The van der Waals surface area contributed by atoms with Crippen LogP contribution in [0.5, 0.6) is 0 Å². The summed E-state index contributed by atoms with van der Waals surface area (Å²) >= 11 is 0. The van der Waals surface area contributed by atoms with Gasteiger partial charge in [0, 0.05) is 0 Å². The van der Waals surface area contributed by atoms with Gasteiger partial charge < -0.3 is 5.11 Å². The second kappa shape index (κ2) is 6.86. The second-order valence-electron chi connectivity index (χ2n) is 5.34. The summed E-state index contributed by atoms with van der Waals surface area (Å²) in [5.74, 6) is -1.55. The topological polar surface area (TPSA) is 37.3 Å². The van der Waals surface area contributed by atoms with Crippen molar-refractivity contribution in [1.29, 1.82) is 0 Å². The van der Waals surface area contributed by atoms with E-state index in [1.165, 1.54) is 12.1 Å². The van der Waals surface area contributed by atoms with Crippen LogP contribution in [-0.2, 0) is 11.0 Å². The van der Waals surface area contributed by atoms with Gasteiger partial charge in [0.1, 0.15) is 0 Å². The molecule has 2 aromatic rings. The summed E-state index contributed by atoms with van der Waals surface area (Å²) in [5, 5.41) is 9.25. The molecule has 2 aromatic carbocycles. The van der Waals surface area contributed by atoms with E-state index >= 15 is 0 Å². The van der Waals surface area contributed by atoms with Crippen LogP contribution in [-0.4, -0.2) is 11.1 Å². The van der Waals surface area contributed by atoms with Gasteiger partial charge in [0.25, 0.3) is 0 Å². The molecule has 0 saturated carbocycles. The van der Waals surface area contributed by atoms with Crippen molar-refractivity contribution in [2.24, 2.45) is 0 Å². The first-order valence-corrected chi connectivity index (χ1v) is 7.34. The van der Waals surface area contributed by atoms with E-state index in [-0.39, 0.29) is 5.56 Å². The lowest BCUT2D eigenvalue weighted by Gasteiger charge is -2.15. The largest absolute Gasteiger partial charge is 0.481 e. The van der Waals surface area contributed by atoms with E-state index in [9.17, 15) is 23.1 Å². The molecule has 1 atom stereocenters. The van der Waals surface area contributed by atoms with Gasteiger partial charge in [-0.25, -0.2) is 0 Å². The second-order valence-corrected chi connectivity index (χ2v) is 5.34. The van der Waals surface area contributed by atoms with Crippen molar-refractivity contribution in [1.82, 2.24) is 0 Å². The van der Waals surface area contributed by atoms with Crippen molar-refractivity contribution in [2.75, 3.05) is 0 Å². The monoisotopic (exact) mass is 322 g/mol. The zero-order valence-corrected chi connectivity index (χ0v) is 12.6. The highest BCUT2D eigenvalue weighted by atomic mass is 19.4. The van der Waals surface area contributed by atoms with Crippen LogP contribution < -0.4 is 0 Å². The summed E-state index contributed by atoms with van der Waals surface area (Å²) in [5.41, 5.74) is 0.417. The van der Waals surface area contributed by atoms with Crippen LogP contribution in [0.4, 0.5) is 13.2 Å². The molecule has 0 amide bonds. The summed E-state index contributed by atoms with van der Waals surface area (Å²) in [4.78, 5) is 11.3. The van der Waals surface area contributed by atoms with Crippen LogP contribution in [0.25, 0.3) is 11.1 Å². The van der Waals surface area contributed by atoms with Gasteiger partial charge in [-0.3, -0.25) is 4.79 Å². The molecular formula is C18H17F3O2. The minimum absolute atomic E-state index is 0.0916. The van der Waals surface area contributed by atoms with Crippen molar-refractivity contribution in [3.63, 3.8) is 0 Å². The molecule has 0 aliphatic rings. The van der Waals surface area contributed by atoms with E-state index < -0.39 is 23.6 Å². The Kier molecular flexibility index (Phi) is 5.08. The van der Waals surface area contributed by atoms with E-state index in [1.807, 2.05) is 6.92 Å². The predicted octanol–water partition coefficient (Wildman–Crippen LogP) is 5.34. The molecule has 0 aromatic heterocycles. The van der Waals surface area contributed by atoms with Crippen LogP contribution in [0.3, 0.4) is 0 Å². The first-order valence-electron chi connectivity index (χ1n) is 7.34. The van der Waals surface area contributed by atoms with E-state index in [1.54, 1.807) is 30.3 Å². The molecule has 5 heteroatoms. The number of benzene rings is 2. The minimum atomic E-state index is -4.43. The maximum absolute atomic E-state index is 13.1. The molecule has 2 rings (SSSR count). The fourth-order valence-electron chi connectivity index (χ4n) is 2.60. The van der Waals surface area contributed by atoms with Crippen LogP contribution in [0.1, 0.15) is 36.8 Å². The van der Waals surface area contributed by atoms with Gasteiger partial charge in [0.05, 0.1) is 11.5 Å². The Labute approximate surface area is 132 Å². The Morgan fingerprint density at radius 2 is 1.70 bits per heavy atom. The molecule has 0 heterocycles. The predicted molar refractivity (Wildman–Crippen MR) is 82.2 cm³/mol. The van der Waals surface area contributed by atoms with E-state index in [4.69, 9.17) is 0 Å². The van der Waals surface area contributed by atoms with Crippen LogP contribution in [0, 0.1) is 0 Å². The Morgan fingerprint density at radius 1 is 1.09 bits per heavy atom. The molecule has 0 radical (unpaired) electrons. The van der Waals surface area contributed by atoms with E-state index in [0.717, 1.165) is 12.5 Å². The van der Waals surface area contributed by atoms with Crippen molar-refractivity contribution >= 4 is 5.97 Å². The Bertz CT molecular complexity index is 675. The maximum atomic E-state index is 13.1. The minimum Gasteiger partial charge on any atom is -0.481 e. The molecule has 0 saturated heterocycles. The van der Waals surface area contributed by atoms with Crippen LogP contribution in [0.15, 0.2) is 48.5 Å².